The van der Waals surface area contributed by atoms with Crippen molar-refractivity contribution in [3.63, 3.8) is 0 Å². The molecule has 32 heavy (non-hydrogen) atoms. The molecule has 0 aliphatic heterocycles. The lowest BCUT2D eigenvalue weighted by molar-refractivity contribution is -0.113. The number of benzene rings is 2. The fraction of sp³-hybridized carbons (Fsp3) is 0.130. The first-order valence-electron chi connectivity index (χ1n) is 9.81. The molecular weight excluding hydrogens is 446 g/mol. The predicted octanol–water partition coefficient (Wildman–Crippen LogP) is 5.37. The normalized spacial score (nSPS) is 10.7. The highest BCUT2D eigenvalue weighted by Gasteiger charge is 2.23. The van der Waals surface area contributed by atoms with Gasteiger partial charge in [-0.3, -0.25) is 4.79 Å². The molecule has 0 saturated carbocycles. The van der Waals surface area contributed by atoms with E-state index in [4.69, 9.17) is 9.15 Å². The number of hydrogen-bond donors (Lipinski definition) is 1. The molecule has 0 radical (unpaired) electrons. The van der Waals surface area contributed by atoms with Gasteiger partial charge in [-0.2, -0.15) is 0 Å². The highest BCUT2D eigenvalue weighted by Crippen LogP contribution is 2.36. The first-order valence-corrected chi connectivity index (χ1v) is 11.7. The zero-order valence-corrected chi connectivity index (χ0v) is 18.7. The molecule has 4 rings (SSSR count). The summed E-state index contributed by atoms with van der Waals surface area (Å²) < 4.78 is 10.8. The number of esters is 1. The largest absolute Gasteiger partial charge is 0.462 e. The molecule has 0 fully saturated rings. The Morgan fingerprint density at radius 3 is 2.41 bits per heavy atom. The van der Waals surface area contributed by atoms with Gasteiger partial charge in [0.2, 0.25) is 11.8 Å². The summed E-state index contributed by atoms with van der Waals surface area (Å²) in [6.07, 6.45) is 0. The Balaban J connectivity index is 1.46. The maximum atomic E-state index is 12.6. The second kappa shape index (κ2) is 10.3. The summed E-state index contributed by atoms with van der Waals surface area (Å²) in [4.78, 5) is 25.2. The van der Waals surface area contributed by atoms with Gasteiger partial charge in [0.05, 0.1) is 12.4 Å². The van der Waals surface area contributed by atoms with Crippen LogP contribution in [-0.4, -0.2) is 34.4 Å². The minimum Gasteiger partial charge on any atom is -0.462 e. The summed E-state index contributed by atoms with van der Waals surface area (Å²) in [6, 6.07) is 18.9. The molecule has 2 heterocycles. The molecule has 2 aromatic carbocycles. The molecule has 0 aliphatic rings. The maximum Gasteiger partial charge on any atom is 0.341 e. The third-order valence-electron chi connectivity index (χ3n) is 4.36. The van der Waals surface area contributed by atoms with E-state index in [0.717, 1.165) is 28.5 Å². The highest BCUT2D eigenvalue weighted by molar-refractivity contribution is 7.99. The maximum absolute atomic E-state index is 12.6. The Bertz CT molecular complexity index is 1210. The highest BCUT2D eigenvalue weighted by atomic mass is 32.2. The molecule has 0 unspecified atom stereocenters. The van der Waals surface area contributed by atoms with Crippen LogP contribution in [0.3, 0.4) is 0 Å². The van der Waals surface area contributed by atoms with Gasteiger partial charge in [0.25, 0.3) is 5.22 Å². The van der Waals surface area contributed by atoms with Crippen LogP contribution < -0.4 is 5.32 Å². The number of nitrogens with one attached hydrogen (secondary N) is 1. The van der Waals surface area contributed by atoms with Crippen molar-refractivity contribution in [1.29, 1.82) is 0 Å². The van der Waals surface area contributed by atoms with E-state index in [-0.39, 0.29) is 18.3 Å². The fourth-order valence-corrected chi connectivity index (χ4v) is 4.48. The van der Waals surface area contributed by atoms with Crippen molar-refractivity contribution >= 4 is 40.0 Å². The van der Waals surface area contributed by atoms with E-state index in [1.54, 1.807) is 6.92 Å². The van der Waals surface area contributed by atoms with Crippen molar-refractivity contribution in [3.05, 3.63) is 71.6 Å². The van der Waals surface area contributed by atoms with Crippen LogP contribution in [0.15, 0.2) is 75.7 Å². The molecule has 0 saturated heterocycles. The number of ether oxygens (including phenoxy) is 1. The minimum atomic E-state index is -0.472. The topological polar surface area (TPSA) is 94.3 Å². The zero-order valence-electron chi connectivity index (χ0n) is 17.1. The number of carbonyl (C=O) groups is 2. The lowest BCUT2D eigenvalue weighted by atomic mass is 10.0. The number of rotatable bonds is 8. The molecule has 9 heteroatoms. The number of thioether (sulfide) groups is 1. The lowest BCUT2D eigenvalue weighted by Crippen LogP contribution is -2.16. The van der Waals surface area contributed by atoms with Gasteiger partial charge in [0.15, 0.2) is 0 Å². The van der Waals surface area contributed by atoms with E-state index in [2.05, 4.69) is 15.5 Å². The van der Waals surface area contributed by atoms with E-state index in [0.29, 0.717) is 21.7 Å². The van der Waals surface area contributed by atoms with Gasteiger partial charge in [-0.25, -0.2) is 4.79 Å². The lowest BCUT2D eigenvalue weighted by Gasteiger charge is -2.08. The molecule has 1 N–H and O–H groups in total. The van der Waals surface area contributed by atoms with Gasteiger partial charge in [-0.15, -0.1) is 21.5 Å². The summed E-state index contributed by atoms with van der Waals surface area (Å²) in [5.74, 6) is -0.317. The molecule has 0 spiro atoms. The van der Waals surface area contributed by atoms with Crippen LogP contribution in [0.4, 0.5) is 5.00 Å². The average Bonchev–Trinajstić information content (AvgIpc) is 3.46. The van der Waals surface area contributed by atoms with E-state index < -0.39 is 5.97 Å². The Labute approximate surface area is 192 Å². The SMILES string of the molecule is CCOC(=O)c1c(-c2ccccc2)csc1NC(=O)CSc1nnc(-c2ccccc2)o1. The second-order valence-electron chi connectivity index (χ2n) is 6.52. The molecule has 0 bridgehead atoms. The molecule has 2 aromatic heterocycles. The van der Waals surface area contributed by atoms with Crippen molar-refractivity contribution in [3.8, 4) is 22.6 Å². The third kappa shape index (κ3) is 5.06. The zero-order chi connectivity index (χ0) is 22.3. The van der Waals surface area contributed by atoms with Crippen molar-refractivity contribution in [2.45, 2.75) is 12.1 Å². The van der Waals surface area contributed by atoms with Gasteiger partial charge in [-0.05, 0) is 24.6 Å². The monoisotopic (exact) mass is 465 g/mol. The third-order valence-corrected chi connectivity index (χ3v) is 6.08. The number of aromatic nitrogens is 2. The van der Waals surface area contributed by atoms with Crippen molar-refractivity contribution in [1.82, 2.24) is 10.2 Å². The van der Waals surface area contributed by atoms with Crippen molar-refractivity contribution in [2.24, 2.45) is 0 Å². The van der Waals surface area contributed by atoms with Crippen LogP contribution in [0.2, 0.25) is 0 Å². The number of amides is 1. The summed E-state index contributed by atoms with van der Waals surface area (Å²) >= 11 is 2.41. The quantitative estimate of drug-likeness (QED) is 0.276. The Kier molecular flexibility index (Phi) is 6.98. The average molecular weight is 466 g/mol. The standard InChI is InChI=1S/C23H19N3O4S2/c1-2-29-22(28)19-17(15-9-5-3-6-10-15)13-31-21(19)24-18(27)14-32-23-26-25-20(30-23)16-11-7-4-8-12-16/h3-13H,2,14H2,1H3,(H,24,27). The number of anilines is 1. The van der Waals surface area contributed by atoms with Crippen LogP contribution in [-0.2, 0) is 9.53 Å². The van der Waals surface area contributed by atoms with Gasteiger partial charge in [0, 0.05) is 16.5 Å². The molecule has 0 atom stereocenters. The molecule has 4 aromatic rings. The second-order valence-corrected chi connectivity index (χ2v) is 8.32. The first kappa shape index (κ1) is 21.8. The number of nitrogens with zero attached hydrogens (tertiary/aromatic N) is 2. The molecule has 162 valence electrons. The van der Waals surface area contributed by atoms with Crippen LogP contribution in [0, 0.1) is 0 Å². The van der Waals surface area contributed by atoms with Gasteiger partial charge < -0.3 is 14.5 Å². The van der Waals surface area contributed by atoms with Crippen LogP contribution in [0.1, 0.15) is 17.3 Å². The van der Waals surface area contributed by atoms with E-state index in [1.165, 1.54) is 11.3 Å². The van der Waals surface area contributed by atoms with E-state index in [1.807, 2.05) is 66.0 Å². The minimum absolute atomic E-state index is 0.0528. The van der Waals surface area contributed by atoms with Crippen molar-refractivity contribution in [2.75, 3.05) is 17.7 Å². The first-order chi connectivity index (χ1) is 15.7. The summed E-state index contributed by atoms with van der Waals surface area (Å²) in [6.45, 7) is 1.99. The summed E-state index contributed by atoms with van der Waals surface area (Å²) in [5, 5.41) is 13.4. The van der Waals surface area contributed by atoms with Crippen LogP contribution in [0.25, 0.3) is 22.6 Å². The number of carbonyl (C=O) groups excluding carboxylic acids is 2. The van der Waals surface area contributed by atoms with Gasteiger partial charge in [0.1, 0.15) is 10.6 Å². The summed E-state index contributed by atoms with van der Waals surface area (Å²) in [7, 11) is 0. The van der Waals surface area contributed by atoms with Gasteiger partial charge >= 0.3 is 5.97 Å². The van der Waals surface area contributed by atoms with Crippen LogP contribution >= 0.6 is 23.1 Å². The fourth-order valence-electron chi connectivity index (χ4n) is 2.94. The van der Waals surface area contributed by atoms with E-state index in [9.17, 15) is 9.59 Å². The molecule has 0 aliphatic carbocycles. The molecule has 1 amide bonds. The van der Waals surface area contributed by atoms with Crippen LogP contribution in [0.5, 0.6) is 0 Å². The predicted molar refractivity (Wildman–Crippen MR) is 125 cm³/mol. The Morgan fingerprint density at radius 1 is 1.03 bits per heavy atom. The smallest absolute Gasteiger partial charge is 0.341 e. The Hall–Kier alpha value is -3.43. The van der Waals surface area contributed by atoms with E-state index >= 15 is 0 Å². The number of hydrogen-bond acceptors (Lipinski definition) is 8. The molecule has 7 nitrogen and oxygen atoms in total. The van der Waals surface area contributed by atoms with Gasteiger partial charge in [-0.1, -0.05) is 60.3 Å². The number of thiophene rings is 1. The Morgan fingerprint density at radius 2 is 1.72 bits per heavy atom. The molecular formula is C23H19N3O4S2. The summed E-state index contributed by atoms with van der Waals surface area (Å²) in [5.41, 5.74) is 2.76. The van der Waals surface area contributed by atoms with Crippen molar-refractivity contribution < 1.29 is 18.7 Å².